The molecular weight excluding hydrogens is 291 g/mol. The summed E-state index contributed by atoms with van der Waals surface area (Å²) in [5.74, 6) is 0. The van der Waals surface area contributed by atoms with E-state index in [0.29, 0.717) is 11.1 Å². The molecule has 0 aromatic rings. The molecule has 0 bridgehead atoms. The fraction of sp³-hybridized carbons (Fsp3) is 1.00. The van der Waals surface area contributed by atoms with Crippen LogP contribution in [0.4, 0.5) is 0 Å². The van der Waals surface area contributed by atoms with Crippen LogP contribution in [0, 0.1) is 0 Å². The van der Waals surface area contributed by atoms with Crippen LogP contribution in [0.3, 0.4) is 0 Å². The SMILES string of the molecule is CC(C)(C)[N]1CCCC[N](C(C)(C)C)[Sn]1. The van der Waals surface area contributed by atoms with Gasteiger partial charge in [0.25, 0.3) is 0 Å². The van der Waals surface area contributed by atoms with Crippen LogP contribution in [-0.2, 0) is 0 Å². The van der Waals surface area contributed by atoms with E-state index in [1.807, 2.05) is 0 Å². The first-order valence-electron chi connectivity index (χ1n) is 6.03. The van der Waals surface area contributed by atoms with E-state index in [1.165, 1.54) is 25.9 Å². The van der Waals surface area contributed by atoms with E-state index >= 15 is 0 Å². The molecule has 1 rings (SSSR count). The molecule has 0 aromatic heterocycles. The summed E-state index contributed by atoms with van der Waals surface area (Å²) >= 11 is -0.544. The Kier molecular flexibility index (Phi) is 4.52. The Bertz CT molecular complexity index is 181. The van der Waals surface area contributed by atoms with Gasteiger partial charge in [-0.05, 0) is 0 Å². The van der Waals surface area contributed by atoms with E-state index in [4.69, 9.17) is 0 Å². The number of nitrogens with zero attached hydrogens (tertiary/aromatic N) is 2. The zero-order chi connectivity index (χ0) is 11.7. The molecule has 1 fully saturated rings. The first kappa shape index (κ1) is 13.8. The van der Waals surface area contributed by atoms with Gasteiger partial charge in [0.2, 0.25) is 0 Å². The minimum atomic E-state index is -0.544. The maximum absolute atomic E-state index is 2.77. The summed E-state index contributed by atoms with van der Waals surface area (Å²) in [6, 6.07) is 0. The molecule has 1 aliphatic rings. The third kappa shape index (κ3) is 4.23. The predicted octanol–water partition coefficient (Wildman–Crippen LogP) is 2.52. The van der Waals surface area contributed by atoms with Crippen molar-refractivity contribution in [2.24, 2.45) is 0 Å². The van der Waals surface area contributed by atoms with Gasteiger partial charge in [0.15, 0.2) is 0 Å². The van der Waals surface area contributed by atoms with Crippen molar-refractivity contribution in [3.05, 3.63) is 0 Å². The molecule has 0 N–H and O–H groups in total. The zero-order valence-electron chi connectivity index (χ0n) is 11.2. The van der Waals surface area contributed by atoms with Crippen molar-refractivity contribution in [2.45, 2.75) is 65.5 Å². The molecule has 1 saturated heterocycles. The van der Waals surface area contributed by atoms with Gasteiger partial charge in [-0.2, -0.15) is 0 Å². The van der Waals surface area contributed by atoms with Gasteiger partial charge in [0.1, 0.15) is 0 Å². The van der Waals surface area contributed by atoms with Crippen LogP contribution in [0.5, 0.6) is 0 Å². The van der Waals surface area contributed by atoms with E-state index in [0.717, 1.165) is 0 Å². The van der Waals surface area contributed by atoms with Crippen LogP contribution in [0.25, 0.3) is 0 Å². The van der Waals surface area contributed by atoms with Gasteiger partial charge >= 0.3 is 106 Å². The summed E-state index contributed by atoms with van der Waals surface area (Å²) < 4.78 is 5.54. The Balaban J connectivity index is 2.70. The molecule has 0 aliphatic carbocycles. The minimum absolute atomic E-state index is 0.375. The molecule has 0 saturated carbocycles. The maximum atomic E-state index is 2.77. The molecule has 2 radical (unpaired) electrons. The summed E-state index contributed by atoms with van der Waals surface area (Å²) in [4.78, 5) is 0. The first-order valence-corrected chi connectivity index (χ1v) is 8.58. The summed E-state index contributed by atoms with van der Waals surface area (Å²) in [6.45, 7) is 16.8. The fourth-order valence-electron chi connectivity index (χ4n) is 1.76. The van der Waals surface area contributed by atoms with Crippen molar-refractivity contribution in [3.8, 4) is 0 Å². The molecule has 0 atom stereocenters. The Morgan fingerprint density at radius 3 is 1.33 bits per heavy atom. The molecule has 3 heteroatoms. The van der Waals surface area contributed by atoms with E-state index in [2.05, 4.69) is 47.8 Å². The summed E-state index contributed by atoms with van der Waals surface area (Å²) in [5, 5.41) is 0. The van der Waals surface area contributed by atoms with E-state index < -0.39 is 21.7 Å². The third-order valence-corrected chi connectivity index (χ3v) is 9.36. The zero-order valence-corrected chi connectivity index (χ0v) is 14.1. The standard InChI is InChI=1S/C12H26N2.Sn/c1-11(2,3)13-9-7-8-10-14-12(4,5)6;/h7-10H2,1-6H3;/q-2;+2. The summed E-state index contributed by atoms with van der Waals surface area (Å²) in [6.07, 6.45) is 2.76. The van der Waals surface area contributed by atoms with Crippen molar-refractivity contribution >= 4 is 21.7 Å². The van der Waals surface area contributed by atoms with Crippen molar-refractivity contribution < 1.29 is 0 Å². The number of rotatable bonds is 0. The monoisotopic (exact) mass is 318 g/mol. The Labute approximate surface area is 106 Å². The molecular formula is C12H26N2Sn. The molecule has 0 amide bonds. The normalized spacial score (nSPS) is 22.8. The van der Waals surface area contributed by atoms with Crippen molar-refractivity contribution in [1.29, 1.82) is 0 Å². The quantitative estimate of drug-likeness (QED) is 0.634. The second-order valence-corrected chi connectivity index (χ2v) is 10.1. The van der Waals surface area contributed by atoms with E-state index in [1.54, 1.807) is 0 Å². The van der Waals surface area contributed by atoms with Gasteiger partial charge in [-0.25, -0.2) is 0 Å². The predicted molar refractivity (Wildman–Crippen MR) is 67.9 cm³/mol. The molecule has 88 valence electrons. The van der Waals surface area contributed by atoms with Crippen molar-refractivity contribution in [2.75, 3.05) is 13.1 Å². The van der Waals surface area contributed by atoms with E-state index in [9.17, 15) is 0 Å². The van der Waals surface area contributed by atoms with Gasteiger partial charge in [-0.3, -0.25) is 0 Å². The van der Waals surface area contributed by atoms with Crippen molar-refractivity contribution in [3.63, 3.8) is 0 Å². The van der Waals surface area contributed by atoms with Gasteiger partial charge in [-0.1, -0.05) is 0 Å². The first-order chi connectivity index (χ1) is 6.71. The third-order valence-electron chi connectivity index (χ3n) is 2.87. The number of hydrogen-bond donors (Lipinski definition) is 0. The summed E-state index contributed by atoms with van der Waals surface area (Å²) in [5.41, 5.74) is 0.750. The average molecular weight is 317 g/mol. The second-order valence-electron chi connectivity index (χ2n) is 6.45. The van der Waals surface area contributed by atoms with E-state index in [-0.39, 0.29) is 0 Å². The molecule has 1 aliphatic heterocycles. The van der Waals surface area contributed by atoms with Crippen LogP contribution in [0.15, 0.2) is 0 Å². The van der Waals surface area contributed by atoms with Crippen LogP contribution in [0.2, 0.25) is 0 Å². The Morgan fingerprint density at radius 2 is 1.07 bits per heavy atom. The van der Waals surface area contributed by atoms with Crippen molar-refractivity contribution in [1.82, 2.24) is 6.24 Å². The summed E-state index contributed by atoms with van der Waals surface area (Å²) in [7, 11) is 0. The molecule has 0 aromatic carbocycles. The van der Waals surface area contributed by atoms with Gasteiger partial charge in [0, 0.05) is 0 Å². The molecule has 15 heavy (non-hydrogen) atoms. The molecule has 1 heterocycles. The average Bonchev–Trinajstić information content (AvgIpc) is 2.24. The molecule has 2 nitrogen and oxygen atoms in total. The molecule has 0 spiro atoms. The van der Waals surface area contributed by atoms with Gasteiger partial charge in [0.05, 0.1) is 0 Å². The number of hydrogen-bond acceptors (Lipinski definition) is 2. The fourth-order valence-corrected chi connectivity index (χ4v) is 5.77. The van der Waals surface area contributed by atoms with Gasteiger partial charge in [-0.15, -0.1) is 0 Å². The molecule has 0 unspecified atom stereocenters. The Hall–Kier alpha value is 0.719. The van der Waals surface area contributed by atoms with Gasteiger partial charge < -0.3 is 0 Å². The van der Waals surface area contributed by atoms with Crippen LogP contribution in [-0.4, -0.2) is 52.1 Å². The van der Waals surface area contributed by atoms with Crippen LogP contribution in [0.1, 0.15) is 54.4 Å². The second kappa shape index (κ2) is 4.92. The Morgan fingerprint density at radius 1 is 0.733 bits per heavy atom. The van der Waals surface area contributed by atoms with Crippen LogP contribution >= 0.6 is 0 Å². The van der Waals surface area contributed by atoms with Crippen LogP contribution < -0.4 is 0 Å². The topological polar surface area (TPSA) is 6.48 Å².